The Bertz CT molecular complexity index is 622. The molecule has 2 N–H and O–H groups in total. The number of alkyl halides is 3. The summed E-state index contributed by atoms with van der Waals surface area (Å²) < 4.78 is 37.8. The summed E-state index contributed by atoms with van der Waals surface area (Å²) in [5, 5.41) is 14.1. The van der Waals surface area contributed by atoms with Crippen LogP contribution < -0.4 is 10.6 Å². The number of rotatable bonds is 3. The second-order valence-electron chi connectivity index (χ2n) is 5.60. The molecule has 0 bridgehead atoms. The molecule has 1 aromatic rings. The molecular weight excluding hydrogens is 295 g/mol. The van der Waals surface area contributed by atoms with Crippen molar-refractivity contribution in [3.05, 3.63) is 41.6 Å². The molecule has 7 heteroatoms. The number of benzene rings is 1. The number of hydrogen-bond donors (Lipinski definition) is 2. The summed E-state index contributed by atoms with van der Waals surface area (Å²) in [6, 6.07) is 5.92. The summed E-state index contributed by atoms with van der Waals surface area (Å²) in [5.74, 6) is -0.779. The third-order valence-corrected chi connectivity index (χ3v) is 2.46. The van der Waals surface area contributed by atoms with Gasteiger partial charge >= 0.3 is 6.18 Å². The van der Waals surface area contributed by atoms with E-state index in [4.69, 9.17) is 5.26 Å². The minimum absolute atomic E-state index is 0.0308. The van der Waals surface area contributed by atoms with Crippen LogP contribution in [0.1, 0.15) is 26.3 Å². The maximum Gasteiger partial charge on any atom is 0.416 e. The Kier molecular flexibility index (Phi) is 5.20. The Hall–Kier alpha value is -2.49. The lowest BCUT2D eigenvalue weighted by molar-refractivity contribution is -0.137. The third kappa shape index (κ3) is 5.48. The molecule has 0 fully saturated rings. The van der Waals surface area contributed by atoms with Crippen molar-refractivity contribution in [2.45, 2.75) is 32.5 Å². The molecule has 1 amide bonds. The largest absolute Gasteiger partial charge is 0.416 e. The highest BCUT2D eigenvalue weighted by atomic mass is 19.4. The molecule has 0 atom stereocenters. The average molecular weight is 311 g/mol. The number of amides is 1. The van der Waals surface area contributed by atoms with Gasteiger partial charge in [0.1, 0.15) is 11.6 Å². The molecule has 0 aliphatic rings. The molecule has 1 rings (SSSR count). The van der Waals surface area contributed by atoms with Crippen LogP contribution in [0.15, 0.2) is 36.0 Å². The zero-order valence-corrected chi connectivity index (χ0v) is 12.4. The summed E-state index contributed by atoms with van der Waals surface area (Å²) in [4.78, 5) is 11.9. The van der Waals surface area contributed by atoms with Gasteiger partial charge in [-0.05, 0) is 39.0 Å². The minimum atomic E-state index is -4.50. The molecule has 0 saturated heterocycles. The predicted octanol–water partition coefficient (Wildman–Crippen LogP) is 3.44. The fraction of sp³-hybridized carbons (Fsp3) is 0.333. The van der Waals surface area contributed by atoms with E-state index in [1.165, 1.54) is 18.3 Å². The van der Waals surface area contributed by atoms with Gasteiger partial charge in [-0.15, -0.1) is 0 Å². The number of hydrogen-bond acceptors (Lipinski definition) is 3. The van der Waals surface area contributed by atoms with E-state index in [1.807, 2.05) is 20.8 Å². The number of carbonyl (C=O) groups excluding carboxylic acids is 1. The van der Waals surface area contributed by atoms with Crippen molar-refractivity contribution in [1.82, 2.24) is 5.32 Å². The van der Waals surface area contributed by atoms with Crippen molar-refractivity contribution in [2.75, 3.05) is 5.32 Å². The van der Waals surface area contributed by atoms with Crippen molar-refractivity contribution >= 4 is 11.6 Å². The number of halogens is 3. The van der Waals surface area contributed by atoms with Crippen LogP contribution in [-0.2, 0) is 11.0 Å². The van der Waals surface area contributed by atoms with Crippen LogP contribution in [-0.4, -0.2) is 11.4 Å². The van der Waals surface area contributed by atoms with Crippen LogP contribution in [0.5, 0.6) is 0 Å². The monoisotopic (exact) mass is 311 g/mol. The number of nitrogens with zero attached hydrogens (tertiary/aromatic N) is 1. The van der Waals surface area contributed by atoms with Crippen LogP contribution in [0.3, 0.4) is 0 Å². The van der Waals surface area contributed by atoms with E-state index in [9.17, 15) is 18.0 Å². The van der Waals surface area contributed by atoms with Gasteiger partial charge in [0.2, 0.25) is 0 Å². The van der Waals surface area contributed by atoms with Crippen LogP contribution >= 0.6 is 0 Å². The molecule has 0 aliphatic carbocycles. The van der Waals surface area contributed by atoms with Crippen LogP contribution in [0.4, 0.5) is 18.9 Å². The summed E-state index contributed by atoms with van der Waals surface area (Å²) in [6.07, 6.45) is -3.26. The van der Waals surface area contributed by atoms with Crippen LogP contribution in [0, 0.1) is 11.3 Å². The molecule has 118 valence electrons. The van der Waals surface area contributed by atoms with Crippen LogP contribution in [0.25, 0.3) is 0 Å². The van der Waals surface area contributed by atoms with E-state index in [-0.39, 0.29) is 16.8 Å². The first kappa shape index (κ1) is 17.6. The summed E-state index contributed by atoms with van der Waals surface area (Å²) >= 11 is 0. The lowest BCUT2D eigenvalue weighted by Crippen LogP contribution is -2.32. The molecule has 0 radical (unpaired) electrons. The van der Waals surface area contributed by atoms with Gasteiger partial charge in [-0.2, -0.15) is 18.4 Å². The van der Waals surface area contributed by atoms with E-state index < -0.39 is 17.6 Å². The third-order valence-electron chi connectivity index (χ3n) is 2.46. The van der Waals surface area contributed by atoms with Crippen molar-refractivity contribution in [2.24, 2.45) is 0 Å². The number of nitrogens with one attached hydrogen (secondary N) is 2. The molecule has 1 aromatic carbocycles. The first-order chi connectivity index (χ1) is 10.0. The van der Waals surface area contributed by atoms with Gasteiger partial charge in [0.05, 0.1) is 5.56 Å². The second-order valence-corrected chi connectivity index (χ2v) is 5.60. The number of anilines is 1. The first-order valence-electron chi connectivity index (χ1n) is 6.39. The van der Waals surface area contributed by atoms with E-state index in [0.29, 0.717) is 0 Å². The Labute approximate surface area is 126 Å². The van der Waals surface area contributed by atoms with Crippen LogP contribution in [0.2, 0.25) is 0 Å². The van der Waals surface area contributed by atoms with Crippen molar-refractivity contribution in [1.29, 1.82) is 5.26 Å². The molecule has 0 unspecified atom stereocenters. The smallest absolute Gasteiger partial charge is 0.385 e. The van der Waals surface area contributed by atoms with E-state index in [1.54, 1.807) is 6.07 Å². The second kappa shape index (κ2) is 6.52. The SMILES string of the molecule is CC(C)(C)N/C=C(/C#N)C(=O)Nc1cccc(C(F)(F)F)c1. The van der Waals surface area contributed by atoms with Gasteiger partial charge in [0.15, 0.2) is 0 Å². The van der Waals surface area contributed by atoms with E-state index >= 15 is 0 Å². The normalized spacial score (nSPS) is 12.5. The molecule has 4 nitrogen and oxygen atoms in total. The molecule has 22 heavy (non-hydrogen) atoms. The summed E-state index contributed by atoms with van der Waals surface area (Å²) in [6.45, 7) is 5.51. The first-order valence-corrected chi connectivity index (χ1v) is 6.39. The van der Waals surface area contributed by atoms with Crippen molar-refractivity contribution in [3.8, 4) is 6.07 Å². The highest BCUT2D eigenvalue weighted by molar-refractivity contribution is 6.06. The van der Waals surface area contributed by atoms with Gasteiger partial charge < -0.3 is 10.6 Å². The zero-order chi connectivity index (χ0) is 17.0. The number of nitriles is 1. The van der Waals surface area contributed by atoms with Gasteiger partial charge in [-0.1, -0.05) is 6.07 Å². The highest BCUT2D eigenvalue weighted by Crippen LogP contribution is 2.30. The Balaban J connectivity index is 2.90. The fourth-order valence-corrected chi connectivity index (χ4v) is 1.41. The Morgan fingerprint density at radius 3 is 2.41 bits per heavy atom. The fourth-order valence-electron chi connectivity index (χ4n) is 1.41. The van der Waals surface area contributed by atoms with E-state index in [0.717, 1.165) is 12.1 Å². The molecule has 0 heterocycles. The lowest BCUT2D eigenvalue weighted by atomic mass is 10.1. The quantitative estimate of drug-likeness (QED) is 0.664. The maximum atomic E-state index is 12.6. The molecular formula is C15H16F3N3O. The topological polar surface area (TPSA) is 64.9 Å². The van der Waals surface area contributed by atoms with E-state index in [2.05, 4.69) is 10.6 Å². The molecule has 0 aromatic heterocycles. The predicted molar refractivity (Wildman–Crippen MR) is 76.7 cm³/mol. The standard InChI is InChI=1S/C15H16F3N3O/c1-14(2,3)20-9-10(8-19)13(22)21-12-6-4-5-11(7-12)15(16,17)18/h4-7,9,20H,1-3H3,(H,21,22)/b10-9-. The zero-order valence-electron chi connectivity index (χ0n) is 12.4. The van der Waals surface area contributed by atoms with Crippen molar-refractivity contribution in [3.63, 3.8) is 0 Å². The Morgan fingerprint density at radius 2 is 1.91 bits per heavy atom. The average Bonchev–Trinajstić information content (AvgIpc) is 2.37. The molecule has 0 aliphatic heterocycles. The maximum absolute atomic E-state index is 12.6. The highest BCUT2D eigenvalue weighted by Gasteiger charge is 2.30. The van der Waals surface area contributed by atoms with Gasteiger partial charge in [-0.3, -0.25) is 4.79 Å². The van der Waals surface area contributed by atoms with Gasteiger partial charge in [-0.25, -0.2) is 0 Å². The van der Waals surface area contributed by atoms with Gasteiger partial charge in [0.25, 0.3) is 5.91 Å². The minimum Gasteiger partial charge on any atom is -0.385 e. The summed E-state index contributed by atoms with van der Waals surface area (Å²) in [7, 11) is 0. The number of carbonyl (C=O) groups is 1. The Morgan fingerprint density at radius 1 is 1.27 bits per heavy atom. The summed E-state index contributed by atoms with van der Waals surface area (Å²) in [5.41, 5.74) is -1.48. The van der Waals surface area contributed by atoms with Crippen molar-refractivity contribution < 1.29 is 18.0 Å². The lowest BCUT2D eigenvalue weighted by Gasteiger charge is -2.18. The molecule has 0 saturated carbocycles. The molecule has 0 spiro atoms. The van der Waals surface area contributed by atoms with Gasteiger partial charge in [0, 0.05) is 17.4 Å².